The summed E-state index contributed by atoms with van der Waals surface area (Å²) in [6.45, 7) is 8.77. The Morgan fingerprint density at radius 1 is 1.24 bits per heavy atom. The van der Waals surface area contributed by atoms with Gasteiger partial charge in [0.05, 0.1) is 6.10 Å². The zero-order valence-electron chi connectivity index (χ0n) is 11.1. The van der Waals surface area contributed by atoms with Gasteiger partial charge in [-0.25, -0.2) is 0 Å². The third-order valence-electron chi connectivity index (χ3n) is 7.06. The Bertz CT molecular complexity index is 427. The van der Waals surface area contributed by atoms with E-state index in [1.807, 2.05) is 0 Å². The van der Waals surface area contributed by atoms with Crippen molar-refractivity contribution in [1.29, 1.82) is 0 Å². The zero-order valence-corrected chi connectivity index (χ0v) is 11.1. The highest BCUT2D eigenvalue weighted by Crippen LogP contribution is 2.82. The van der Waals surface area contributed by atoms with E-state index in [0.29, 0.717) is 35.4 Å². The monoisotopic (exact) mass is 234 g/mol. The average molecular weight is 234 g/mol. The molecule has 94 valence electrons. The number of carbonyl (C=O) groups is 1. The van der Waals surface area contributed by atoms with Crippen LogP contribution in [-0.2, 0) is 4.79 Å². The Balaban J connectivity index is 1.83. The van der Waals surface area contributed by atoms with Crippen LogP contribution in [0, 0.1) is 46.3 Å². The summed E-state index contributed by atoms with van der Waals surface area (Å²) in [5, 5.41) is 10.6. The van der Waals surface area contributed by atoms with E-state index in [1.165, 1.54) is 0 Å². The van der Waals surface area contributed by atoms with Gasteiger partial charge >= 0.3 is 0 Å². The van der Waals surface area contributed by atoms with Crippen LogP contribution >= 0.6 is 0 Å². The fourth-order valence-corrected chi connectivity index (χ4v) is 6.18. The third kappa shape index (κ3) is 0.845. The quantitative estimate of drug-likeness (QED) is 0.697. The number of fused-ring (bicyclic) bond motifs is 4. The highest BCUT2D eigenvalue weighted by atomic mass is 16.3. The van der Waals surface area contributed by atoms with Gasteiger partial charge < -0.3 is 5.11 Å². The molecule has 4 aliphatic carbocycles. The molecule has 4 rings (SSSR count). The van der Waals surface area contributed by atoms with Gasteiger partial charge in [0.2, 0.25) is 0 Å². The Labute approximate surface area is 103 Å². The van der Waals surface area contributed by atoms with Gasteiger partial charge in [-0.1, -0.05) is 27.7 Å². The van der Waals surface area contributed by atoms with E-state index in [2.05, 4.69) is 27.7 Å². The molecule has 2 nitrogen and oxygen atoms in total. The van der Waals surface area contributed by atoms with Gasteiger partial charge in [-0.3, -0.25) is 4.79 Å². The molecule has 0 aromatic carbocycles. The molecule has 0 heterocycles. The highest BCUT2D eigenvalue weighted by Gasteiger charge is 2.83. The maximum atomic E-state index is 12.2. The molecule has 4 saturated carbocycles. The van der Waals surface area contributed by atoms with Crippen molar-refractivity contribution in [3.63, 3.8) is 0 Å². The van der Waals surface area contributed by atoms with Crippen molar-refractivity contribution >= 4 is 5.78 Å². The topological polar surface area (TPSA) is 37.3 Å². The Hall–Kier alpha value is -0.370. The van der Waals surface area contributed by atoms with Gasteiger partial charge in [0, 0.05) is 11.8 Å². The first-order valence-corrected chi connectivity index (χ1v) is 7.03. The summed E-state index contributed by atoms with van der Waals surface area (Å²) in [5.74, 6) is 3.29. The molecule has 4 fully saturated rings. The van der Waals surface area contributed by atoms with Gasteiger partial charge in [0.1, 0.15) is 5.78 Å². The van der Waals surface area contributed by atoms with Gasteiger partial charge in [0.25, 0.3) is 0 Å². The SMILES string of the molecule is CC1C(=O)C2C3C2[C@@]1(C)[C@@H]1[C@H]3CC(C)(C)[C@H]1O. The van der Waals surface area contributed by atoms with Crippen molar-refractivity contribution in [2.45, 2.75) is 40.2 Å². The van der Waals surface area contributed by atoms with E-state index < -0.39 is 0 Å². The molecule has 0 amide bonds. The number of hydrogen-bond acceptors (Lipinski definition) is 2. The molecule has 17 heavy (non-hydrogen) atoms. The maximum absolute atomic E-state index is 12.2. The van der Waals surface area contributed by atoms with Crippen LogP contribution in [0.15, 0.2) is 0 Å². The van der Waals surface area contributed by atoms with Crippen molar-refractivity contribution in [1.82, 2.24) is 0 Å². The summed E-state index contributed by atoms with van der Waals surface area (Å²) in [6, 6.07) is 0. The summed E-state index contributed by atoms with van der Waals surface area (Å²) >= 11 is 0. The Kier molecular flexibility index (Phi) is 1.55. The standard InChI is InChI=1S/C15H22O2/c1-6-12(16)9-8-7-5-14(2,3)13(17)10(7)15(6,4)11(8)9/h6-11,13,17H,5H2,1-4H3/t6?,7-,8?,9?,10+,11?,13-,15+/m0/s1. The molecule has 0 aromatic heterocycles. The summed E-state index contributed by atoms with van der Waals surface area (Å²) in [6.07, 6.45) is 0.908. The first-order chi connectivity index (χ1) is 7.82. The number of aliphatic hydroxyl groups is 1. The van der Waals surface area contributed by atoms with Gasteiger partial charge in [-0.2, -0.15) is 0 Å². The van der Waals surface area contributed by atoms with Crippen molar-refractivity contribution in [3.05, 3.63) is 0 Å². The number of aliphatic hydroxyl groups excluding tert-OH is 1. The predicted molar refractivity (Wildman–Crippen MR) is 64.1 cm³/mol. The summed E-state index contributed by atoms with van der Waals surface area (Å²) in [5.41, 5.74) is 0.152. The molecule has 0 bridgehead atoms. The lowest BCUT2D eigenvalue weighted by molar-refractivity contribution is -0.125. The average Bonchev–Trinajstić information content (AvgIpc) is 2.83. The van der Waals surface area contributed by atoms with Crippen molar-refractivity contribution in [2.75, 3.05) is 0 Å². The van der Waals surface area contributed by atoms with Crippen molar-refractivity contribution < 1.29 is 9.90 Å². The van der Waals surface area contributed by atoms with Gasteiger partial charge in [-0.15, -0.1) is 0 Å². The number of rotatable bonds is 0. The Morgan fingerprint density at radius 3 is 2.53 bits per heavy atom. The zero-order chi connectivity index (χ0) is 12.3. The Morgan fingerprint density at radius 2 is 1.88 bits per heavy atom. The van der Waals surface area contributed by atoms with E-state index in [1.54, 1.807) is 0 Å². The van der Waals surface area contributed by atoms with Gasteiger partial charge in [0.15, 0.2) is 0 Å². The largest absolute Gasteiger partial charge is 0.392 e. The van der Waals surface area contributed by atoms with Crippen LogP contribution in [0.1, 0.15) is 34.1 Å². The molecular formula is C15H22O2. The number of Topliss-reactive ketones (excluding diaryl/α,β-unsaturated/α-hetero) is 1. The first-order valence-electron chi connectivity index (χ1n) is 7.03. The minimum atomic E-state index is -0.209. The van der Waals surface area contributed by atoms with E-state index in [4.69, 9.17) is 0 Å². The van der Waals surface area contributed by atoms with E-state index in [-0.39, 0.29) is 22.9 Å². The van der Waals surface area contributed by atoms with Crippen LogP contribution in [0.3, 0.4) is 0 Å². The third-order valence-corrected chi connectivity index (χ3v) is 7.06. The van der Waals surface area contributed by atoms with E-state index >= 15 is 0 Å². The molecule has 0 saturated heterocycles. The molecule has 0 spiro atoms. The van der Waals surface area contributed by atoms with E-state index in [0.717, 1.165) is 6.42 Å². The lowest BCUT2D eigenvalue weighted by Gasteiger charge is -2.38. The maximum Gasteiger partial charge on any atom is 0.139 e. The number of ketones is 1. The first kappa shape index (κ1) is 10.5. The van der Waals surface area contributed by atoms with Crippen LogP contribution in [0.4, 0.5) is 0 Å². The number of carbonyl (C=O) groups excluding carboxylic acids is 1. The van der Waals surface area contributed by atoms with Crippen LogP contribution in [0.25, 0.3) is 0 Å². The van der Waals surface area contributed by atoms with Crippen LogP contribution in [-0.4, -0.2) is 17.0 Å². The van der Waals surface area contributed by atoms with Crippen molar-refractivity contribution in [2.24, 2.45) is 46.3 Å². The smallest absolute Gasteiger partial charge is 0.139 e. The lowest BCUT2D eigenvalue weighted by Crippen LogP contribution is -2.41. The number of hydrogen-bond donors (Lipinski definition) is 1. The second-order valence-electron chi connectivity index (χ2n) is 7.95. The molecule has 0 radical (unpaired) electrons. The molecular weight excluding hydrogens is 212 g/mol. The predicted octanol–water partition coefficient (Wildman–Crippen LogP) is 2.11. The van der Waals surface area contributed by atoms with Crippen LogP contribution < -0.4 is 0 Å². The summed E-state index contributed by atoms with van der Waals surface area (Å²) in [7, 11) is 0. The second-order valence-corrected chi connectivity index (χ2v) is 7.95. The molecule has 8 atom stereocenters. The molecule has 2 heteroatoms. The molecule has 0 aromatic rings. The van der Waals surface area contributed by atoms with E-state index in [9.17, 15) is 9.90 Å². The fourth-order valence-electron chi connectivity index (χ4n) is 6.18. The summed E-state index contributed by atoms with van der Waals surface area (Å²) in [4.78, 5) is 12.2. The molecule has 4 aliphatic rings. The summed E-state index contributed by atoms with van der Waals surface area (Å²) < 4.78 is 0. The molecule has 4 unspecified atom stereocenters. The lowest BCUT2D eigenvalue weighted by atomic mass is 9.67. The minimum Gasteiger partial charge on any atom is -0.392 e. The van der Waals surface area contributed by atoms with Crippen molar-refractivity contribution in [3.8, 4) is 0 Å². The molecule has 1 N–H and O–H groups in total. The highest BCUT2D eigenvalue weighted by molar-refractivity contribution is 5.91. The molecule has 0 aliphatic heterocycles. The fraction of sp³-hybridized carbons (Fsp3) is 0.933. The van der Waals surface area contributed by atoms with Crippen LogP contribution in [0.2, 0.25) is 0 Å². The van der Waals surface area contributed by atoms with Crippen LogP contribution in [0.5, 0.6) is 0 Å². The van der Waals surface area contributed by atoms with Gasteiger partial charge in [-0.05, 0) is 40.9 Å². The normalized spacial score (nSPS) is 65.9. The minimum absolute atomic E-state index is 0.0504. The second kappa shape index (κ2) is 2.49.